The maximum absolute atomic E-state index is 13.6. The van der Waals surface area contributed by atoms with Crippen molar-refractivity contribution in [3.05, 3.63) is 58.8 Å². The Labute approximate surface area is 103 Å². The molecular weight excluding hydrogens is 269 g/mol. The molecule has 0 amide bonds. The average molecular weight is 280 g/mol. The Hall–Kier alpha value is -1.35. The largest absolute Gasteiger partial charge is 0.342 e. The third-order valence-corrected chi connectivity index (χ3v) is 2.91. The van der Waals surface area contributed by atoms with E-state index in [1.54, 1.807) is 12.1 Å². The third kappa shape index (κ3) is 2.25. The van der Waals surface area contributed by atoms with Gasteiger partial charge in [0.1, 0.15) is 5.82 Å². The third-order valence-electron chi connectivity index (χ3n) is 2.41. The Balaban J connectivity index is 2.41. The van der Waals surface area contributed by atoms with Crippen molar-refractivity contribution in [1.82, 2.24) is 0 Å². The number of rotatable bonds is 2. The lowest BCUT2D eigenvalue weighted by molar-refractivity contribution is 0.627. The molecule has 0 bridgehead atoms. The van der Waals surface area contributed by atoms with Crippen LogP contribution in [0.15, 0.2) is 53.0 Å². The van der Waals surface area contributed by atoms with Gasteiger partial charge in [-0.1, -0.05) is 34.1 Å². The van der Waals surface area contributed by atoms with Crippen LogP contribution < -0.4 is 4.90 Å². The normalized spacial score (nSPS) is 10.2. The molecule has 0 aromatic heterocycles. The van der Waals surface area contributed by atoms with E-state index in [9.17, 15) is 4.39 Å². The van der Waals surface area contributed by atoms with E-state index in [1.807, 2.05) is 42.3 Å². The van der Waals surface area contributed by atoms with Crippen molar-refractivity contribution in [2.75, 3.05) is 11.9 Å². The lowest BCUT2D eigenvalue weighted by Crippen LogP contribution is -2.10. The van der Waals surface area contributed by atoms with Gasteiger partial charge in [-0.25, -0.2) is 4.39 Å². The van der Waals surface area contributed by atoms with Crippen LogP contribution in [0.2, 0.25) is 0 Å². The minimum atomic E-state index is -0.227. The molecule has 16 heavy (non-hydrogen) atoms. The van der Waals surface area contributed by atoms with Crippen LogP contribution in [0, 0.1) is 5.82 Å². The molecule has 0 saturated carbocycles. The first-order chi connectivity index (χ1) is 7.68. The van der Waals surface area contributed by atoms with E-state index >= 15 is 0 Å². The van der Waals surface area contributed by atoms with Crippen molar-refractivity contribution in [2.24, 2.45) is 0 Å². The van der Waals surface area contributed by atoms with Crippen LogP contribution in [0.1, 0.15) is 0 Å². The molecule has 0 saturated heterocycles. The summed E-state index contributed by atoms with van der Waals surface area (Å²) < 4.78 is 14.5. The topological polar surface area (TPSA) is 3.24 Å². The standard InChI is InChI=1S/C13H11BrFN/c1-16(11-5-3-2-4-6-11)13-9-10(14)7-8-12(13)15/h2-9H,1H3. The van der Waals surface area contributed by atoms with Crippen LogP contribution in [-0.4, -0.2) is 7.05 Å². The van der Waals surface area contributed by atoms with Gasteiger partial charge in [-0.05, 0) is 30.3 Å². The van der Waals surface area contributed by atoms with Crippen LogP contribution in [0.5, 0.6) is 0 Å². The van der Waals surface area contributed by atoms with Gasteiger partial charge >= 0.3 is 0 Å². The molecule has 0 unspecified atom stereocenters. The summed E-state index contributed by atoms with van der Waals surface area (Å²) in [4.78, 5) is 1.82. The SMILES string of the molecule is CN(c1ccccc1)c1cc(Br)ccc1F. The van der Waals surface area contributed by atoms with Crippen LogP contribution in [0.3, 0.4) is 0 Å². The minimum absolute atomic E-state index is 0.227. The van der Waals surface area contributed by atoms with Gasteiger partial charge in [0.15, 0.2) is 0 Å². The summed E-state index contributed by atoms with van der Waals surface area (Å²) in [6, 6.07) is 14.6. The molecule has 3 heteroatoms. The maximum Gasteiger partial charge on any atom is 0.146 e. The monoisotopic (exact) mass is 279 g/mol. The van der Waals surface area contributed by atoms with Crippen molar-refractivity contribution in [1.29, 1.82) is 0 Å². The van der Waals surface area contributed by atoms with Gasteiger partial charge in [-0.15, -0.1) is 0 Å². The molecule has 2 aromatic carbocycles. The zero-order valence-corrected chi connectivity index (χ0v) is 10.4. The Morgan fingerprint density at radius 3 is 2.44 bits per heavy atom. The van der Waals surface area contributed by atoms with Gasteiger partial charge in [0, 0.05) is 17.2 Å². The van der Waals surface area contributed by atoms with E-state index in [4.69, 9.17) is 0 Å². The van der Waals surface area contributed by atoms with Gasteiger partial charge < -0.3 is 4.90 Å². The van der Waals surface area contributed by atoms with Crippen molar-refractivity contribution < 1.29 is 4.39 Å². The summed E-state index contributed by atoms with van der Waals surface area (Å²) in [6.45, 7) is 0. The number of hydrogen-bond donors (Lipinski definition) is 0. The fourth-order valence-corrected chi connectivity index (χ4v) is 1.88. The minimum Gasteiger partial charge on any atom is -0.342 e. The van der Waals surface area contributed by atoms with Gasteiger partial charge in [0.2, 0.25) is 0 Å². The summed E-state index contributed by atoms with van der Waals surface area (Å²) in [5.41, 5.74) is 1.51. The first-order valence-electron chi connectivity index (χ1n) is 4.92. The van der Waals surface area contributed by atoms with E-state index in [2.05, 4.69) is 15.9 Å². The summed E-state index contributed by atoms with van der Waals surface area (Å²) in [7, 11) is 1.85. The van der Waals surface area contributed by atoms with E-state index in [0.717, 1.165) is 10.2 Å². The Morgan fingerprint density at radius 2 is 1.75 bits per heavy atom. The lowest BCUT2D eigenvalue weighted by Gasteiger charge is -2.20. The van der Waals surface area contributed by atoms with Crippen LogP contribution in [0.25, 0.3) is 0 Å². The van der Waals surface area contributed by atoms with E-state index in [-0.39, 0.29) is 5.82 Å². The molecule has 0 aliphatic rings. The molecule has 0 aliphatic heterocycles. The second kappa shape index (κ2) is 4.66. The zero-order chi connectivity index (χ0) is 11.5. The molecule has 0 radical (unpaired) electrons. The zero-order valence-electron chi connectivity index (χ0n) is 8.82. The molecule has 0 spiro atoms. The molecular formula is C13H11BrFN. The molecule has 82 valence electrons. The van der Waals surface area contributed by atoms with Crippen LogP contribution >= 0.6 is 15.9 Å². The van der Waals surface area contributed by atoms with Crippen LogP contribution in [0.4, 0.5) is 15.8 Å². The lowest BCUT2D eigenvalue weighted by atomic mass is 10.2. The molecule has 2 rings (SSSR count). The molecule has 1 nitrogen and oxygen atoms in total. The summed E-state index contributed by atoms with van der Waals surface area (Å²) in [6.07, 6.45) is 0. The van der Waals surface area contributed by atoms with Crippen LogP contribution in [-0.2, 0) is 0 Å². The van der Waals surface area contributed by atoms with Gasteiger partial charge in [-0.2, -0.15) is 0 Å². The maximum atomic E-state index is 13.6. The highest BCUT2D eigenvalue weighted by atomic mass is 79.9. The van der Waals surface area contributed by atoms with E-state index in [0.29, 0.717) is 5.69 Å². The number of para-hydroxylation sites is 1. The summed E-state index contributed by atoms with van der Waals surface area (Å²) in [5, 5.41) is 0. The fourth-order valence-electron chi connectivity index (χ4n) is 1.53. The van der Waals surface area contributed by atoms with E-state index in [1.165, 1.54) is 6.07 Å². The highest BCUT2D eigenvalue weighted by Crippen LogP contribution is 2.28. The second-order valence-electron chi connectivity index (χ2n) is 3.49. The highest BCUT2D eigenvalue weighted by molar-refractivity contribution is 9.10. The average Bonchev–Trinajstić information content (AvgIpc) is 2.32. The smallest absolute Gasteiger partial charge is 0.146 e. The summed E-state index contributed by atoms with van der Waals surface area (Å²) in [5.74, 6) is -0.227. The quantitative estimate of drug-likeness (QED) is 0.790. The second-order valence-corrected chi connectivity index (χ2v) is 4.41. The summed E-state index contributed by atoms with van der Waals surface area (Å²) >= 11 is 3.34. The number of hydrogen-bond acceptors (Lipinski definition) is 1. The van der Waals surface area contributed by atoms with Gasteiger partial charge in [0.25, 0.3) is 0 Å². The molecule has 0 fully saturated rings. The van der Waals surface area contributed by atoms with E-state index < -0.39 is 0 Å². The van der Waals surface area contributed by atoms with Crippen molar-refractivity contribution in [3.8, 4) is 0 Å². The fraction of sp³-hybridized carbons (Fsp3) is 0.0769. The number of benzene rings is 2. The van der Waals surface area contributed by atoms with Crippen molar-refractivity contribution >= 4 is 27.3 Å². The Kier molecular flexibility index (Phi) is 3.25. The molecule has 0 atom stereocenters. The first kappa shape index (κ1) is 11.1. The van der Waals surface area contributed by atoms with Crippen molar-refractivity contribution in [2.45, 2.75) is 0 Å². The van der Waals surface area contributed by atoms with Crippen molar-refractivity contribution in [3.63, 3.8) is 0 Å². The van der Waals surface area contributed by atoms with Gasteiger partial charge in [0.05, 0.1) is 5.69 Å². The number of anilines is 2. The first-order valence-corrected chi connectivity index (χ1v) is 5.71. The number of nitrogens with zero attached hydrogens (tertiary/aromatic N) is 1. The van der Waals surface area contributed by atoms with Gasteiger partial charge in [-0.3, -0.25) is 0 Å². The molecule has 2 aromatic rings. The Morgan fingerprint density at radius 1 is 1.06 bits per heavy atom. The number of halogens is 2. The molecule has 0 N–H and O–H groups in total. The molecule has 0 heterocycles. The predicted molar refractivity (Wildman–Crippen MR) is 68.6 cm³/mol. The Bertz CT molecular complexity index is 485. The predicted octanol–water partition coefficient (Wildman–Crippen LogP) is 4.36. The molecule has 0 aliphatic carbocycles. The highest BCUT2D eigenvalue weighted by Gasteiger charge is 2.09.